The first-order valence-corrected chi connectivity index (χ1v) is 18.2. The van der Waals surface area contributed by atoms with E-state index in [0.717, 1.165) is 23.6 Å². The minimum atomic E-state index is -2.46. The molecule has 1 aliphatic heterocycles. The number of rotatable bonds is 7. The van der Waals surface area contributed by atoms with Crippen LogP contribution in [0.5, 0.6) is 0 Å². The molecule has 0 spiro atoms. The fourth-order valence-corrected chi connectivity index (χ4v) is 6.27. The molecule has 4 atom stereocenters. The molecule has 0 aromatic carbocycles. The topological polar surface area (TPSA) is 88.6 Å². The monoisotopic (exact) mass is 531 g/mol. The molecule has 1 saturated carbocycles. The molecule has 0 radical (unpaired) electrons. The minimum Gasteiger partial charge on any atom is -0.414 e. The van der Waals surface area contributed by atoms with E-state index >= 15 is 4.39 Å². The maximum absolute atomic E-state index is 16.4. The zero-order chi connectivity index (χ0) is 26.8. The summed E-state index contributed by atoms with van der Waals surface area (Å²) < 4.78 is 51.3. The molecule has 1 aromatic rings. The number of nitrogen functional groups attached to an aromatic ring is 1. The maximum Gasteiger partial charge on any atom is 0.351 e. The van der Waals surface area contributed by atoms with Gasteiger partial charge in [0.25, 0.3) is 0 Å². The van der Waals surface area contributed by atoms with Crippen LogP contribution in [0.25, 0.3) is 0 Å². The minimum absolute atomic E-state index is 0.0209. The van der Waals surface area contributed by atoms with Crippen LogP contribution in [0.15, 0.2) is 11.0 Å². The highest BCUT2D eigenvalue weighted by Crippen LogP contribution is 2.55. The van der Waals surface area contributed by atoms with Crippen LogP contribution >= 0.6 is 0 Å². The Bertz CT molecular complexity index is 1000. The quantitative estimate of drug-likeness (QED) is 0.475. The van der Waals surface area contributed by atoms with E-state index in [-0.39, 0.29) is 22.6 Å². The zero-order valence-corrected chi connectivity index (χ0v) is 24.9. The van der Waals surface area contributed by atoms with Crippen molar-refractivity contribution in [2.45, 2.75) is 115 Å². The van der Waals surface area contributed by atoms with Crippen LogP contribution in [-0.4, -0.2) is 50.7 Å². The van der Waals surface area contributed by atoms with Crippen molar-refractivity contribution in [3.8, 4) is 0 Å². The predicted molar refractivity (Wildman–Crippen MR) is 139 cm³/mol. The van der Waals surface area contributed by atoms with Crippen molar-refractivity contribution in [1.29, 1.82) is 0 Å². The zero-order valence-electron chi connectivity index (χ0n) is 22.9. The molecule has 3 rings (SSSR count). The summed E-state index contributed by atoms with van der Waals surface area (Å²) in [6.45, 7) is 21.3. The third-order valence-electron chi connectivity index (χ3n) is 8.55. The molecule has 0 bridgehead atoms. The second kappa shape index (κ2) is 9.00. The molecule has 11 heteroatoms. The van der Waals surface area contributed by atoms with Crippen LogP contribution in [0.3, 0.4) is 0 Å². The number of anilines is 1. The Hall–Kier alpha value is -1.15. The van der Waals surface area contributed by atoms with Gasteiger partial charge in [-0.1, -0.05) is 41.5 Å². The predicted octanol–water partition coefficient (Wildman–Crippen LogP) is 5.39. The summed E-state index contributed by atoms with van der Waals surface area (Å²) in [7, 11) is -4.67. The van der Waals surface area contributed by atoms with E-state index in [0.29, 0.717) is 0 Å². The van der Waals surface area contributed by atoms with E-state index in [9.17, 15) is 9.18 Å². The first-order valence-electron chi connectivity index (χ1n) is 12.4. The largest absolute Gasteiger partial charge is 0.414 e. The summed E-state index contributed by atoms with van der Waals surface area (Å²) >= 11 is 0. The van der Waals surface area contributed by atoms with E-state index in [4.69, 9.17) is 19.3 Å². The van der Waals surface area contributed by atoms with Gasteiger partial charge in [-0.25, -0.2) is 13.6 Å². The van der Waals surface area contributed by atoms with Crippen LogP contribution in [-0.2, 0) is 13.6 Å². The van der Waals surface area contributed by atoms with Crippen molar-refractivity contribution in [1.82, 2.24) is 9.55 Å². The molecule has 7 nitrogen and oxygen atoms in total. The summed E-state index contributed by atoms with van der Waals surface area (Å²) in [4.78, 5) is 16.1. The lowest BCUT2D eigenvalue weighted by molar-refractivity contribution is -0.136. The molecule has 0 amide bonds. The number of aromatic nitrogens is 2. The van der Waals surface area contributed by atoms with Crippen molar-refractivity contribution in [3.05, 3.63) is 22.5 Å². The molecule has 1 aliphatic carbocycles. The summed E-state index contributed by atoms with van der Waals surface area (Å²) in [5.74, 6) is -1.40. The summed E-state index contributed by atoms with van der Waals surface area (Å²) in [5, 5.41) is -0.228. The molecular weight excluding hydrogens is 488 g/mol. The average molecular weight is 532 g/mol. The molecule has 2 heterocycles. The molecule has 1 saturated heterocycles. The number of hydrogen-bond donors (Lipinski definition) is 1. The highest BCUT2D eigenvalue weighted by molar-refractivity contribution is 6.74. The summed E-state index contributed by atoms with van der Waals surface area (Å²) in [5.41, 5.74) is 3.51. The average Bonchev–Trinajstić information content (AvgIpc) is 3.50. The number of ether oxygens (including phenoxy) is 1. The van der Waals surface area contributed by atoms with Gasteiger partial charge in [0.1, 0.15) is 11.7 Å². The van der Waals surface area contributed by atoms with Gasteiger partial charge in [0, 0.05) is 0 Å². The van der Waals surface area contributed by atoms with Crippen molar-refractivity contribution in [3.63, 3.8) is 0 Å². The van der Waals surface area contributed by atoms with E-state index in [1.54, 1.807) is 0 Å². The highest BCUT2D eigenvalue weighted by Gasteiger charge is 2.65. The first-order chi connectivity index (χ1) is 15.7. The Morgan fingerprint density at radius 2 is 1.69 bits per heavy atom. The molecular formula is C24H43F2N3O4Si2. The molecule has 2 aliphatic rings. The van der Waals surface area contributed by atoms with Crippen molar-refractivity contribution in [2.75, 3.05) is 12.3 Å². The van der Waals surface area contributed by atoms with Crippen LogP contribution in [0.2, 0.25) is 36.3 Å². The van der Waals surface area contributed by atoms with Gasteiger partial charge in [-0.3, -0.25) is 4.57 Å². The second-order valence-corrected chi connectivity index (χ2v) is 22.8. The summed E-state index contributed by atoms with van der Waals surface area (Å²) in [6.07, 6.45) is -1.48. The Kier molecular flexibility index (Phi) is 7.31. The molecule has 200 valence electrons. The van der Waals surface area contributed by atoms with Crippen molar-refractivity contribution >= 4 is 22.5 Å². The molecule has 2 N–H and O–H groups in total. The molecule has 1 aromatic heterocycles. The Morgan fingerprint density at radius 3 is 2.17 bits per heavy atom. The van der Waals surface area contributed by atoms with E-state index in [2.05, 4.69) is 72.7 Å². The number of nitrogens with zero attached hydrogens (tertiary/aromatic N) is 2. The lowest BCUT2D eigenvalue weighted by Gasteiger charge is -2.45. The highest BCUT2D eigenvalue weighted by atomic mass is 28.4. The van der Waals surface area contributed by atoms with Crippen LogP contribution in [0.4, 0.5) is 14.6 Å². The molecule has 0 unspecified atom stereocenters. The van der Waals surface area contributed by atoms with E-state index in [1.807, 2.05) is 0 Å². The van der Waals surface area contributed by atoms with E-state index in [1.165, 1.54) is 0 Å². The van der Waals surface area contributed by atoms with Gasteiger partial charge in [0.15, 0.2) is 40.7 Å². The standard InChI is InChI=1S/C24H43F2N3O4Si2/c1-22(2,3)34(7,8)31-14-24(15-11-12-15)18(33-35(9,10)23(4,5)6)17(26)20(32-24)29-13-16(25)19(27)28-21(29)30/h13,15,17-18,20H,11-12,14H2,1-10H3,(H2,27,28,30)/t17-,18-,20+,24-/m0/s1. The van der Waals surface area contributed by atoms with Crippen LogP contribution in [0.1, 0.15) is 60.6 Å². The van der Waals surface area contributed by atoms with Gasteiger partial charge in [0.05, 0.1) is 12.8 Å². The SMILES string of the molecule is CC(C)(C)[Si](C)(C)OC[C@@]1(C2CC2)O[C@@H](n2cc(F)c(N)nc2=O)[C@@H](F)[C@@H]1O[Si](C)(C)C(C)(C)C. The van der Waals surface area contributed by atoms with Gasteiger partial charge in [0.2, 0.25) is 0 Å². The smallest absolute Gasteiger partial charge is 0.351 e. The van der Waals surface area contributed by atoms with Crippen molar-refractivity contribution in [2.24, 2.45) is 5.92 Å². The van der Waals surface area contributed by atoms with Gasteiger partial charge >= 0.3 is 5.69 Å². The number of halogens is 2. The molecule has 35 heavy (non-hydrogen) atoms. The van der Waals surface area contributed by atoms with E-state index < -0.39 is 58.1 Å². The third-order valence-corrected chi connectivity index (χ3v) is 17.5. The van der Waals surface area contributed by atoms with Crippen LogP contribution < -0.4 is 11.4 Å². The number of alkyl halides is 1. The normalized spacial score (nSPS) is 28.5. The van der Waals surface area contributed by atoms with Gasteiger partial charge in [-0.15, -0.1) is 0 Å². The number of nitrogens with two attached hydrogens (primary N) is 1. The number of hydrogen-bond acceptors (Lipinski definition) is 6. The Labute approximate surface area is 210 Å². The van der Waals surface area contributed by atoms with Gasteiger partial charge in [-0.05, 0) is 55.0 Å². The maximum atomic E-state index is 16.4. The fourth-order valence-electron chi connectivity index (χ4n) is 3.93. The lowest BCUT2D eigenvalue weighted by atomic mass is 9.91. The van der Waals surface area contributed by atoms with Crippen LogP contribution in [0, 0.1) is 11.7 Å². The first kappa shape index (κ1) is 28.4. The van der Waals surface area contributed by atoms with Gasteiger partial charge in [-0.2, -0.15) is 4.98 Å². The lowest BCUT2D eigenvalue weighted by Crippen LogP contribution is -2.57. The fraction of sp³-hybridized carbons (Fsp3) is 0.833. The Balaban J connectivity index is 2.09. The van der Waals surface area contributed by atoms with Gasteiger partial charge < -0.3 is 19.3 Å². The summed E-state index contributed by atoms with van der Waals surface area (Å²) in [6, 6.07) is 0. The Morgan fingerprint density at radius 1 is 1.14 bits per heavy atom. The molecule has 2 fully saturated rings. The van der Waals surface area contributed by atoms with Crippen molar-refractivity contribution < 1.29 is 22.4 Å². The second-order valence-electron chi connectivity index (χ2n) is 13.2. The third kappa shape index (κ3) is 5.30.